The number of ether oxygens (including phenoxy) is 1. The molecule has 0 bridgehead atoms. The molecule has 1 amide bonds. The second-order valence-corrected chi connectivity index (χ2v) is 7.83. The molecule has 2 rings (SSSR count). The van der Waals surface area contributed by atoms with Crippen LogP contribution in [0.25, 0.3) is 0 Å². The minimum atomic E-state index is -0.518. The summed E-state index contributed by atoms with van der Waals surface area (Å²) in [5, 5.41) is 2.98. The summed E-state index contributed by atoms with van der Waals surface area (Å²) in [7, 11) is 0. The quantitative estimate of drug-likeness (QED) is 0.694. The van der Waals surface area contributed by atoms with Gasteiger partial charge in [-0.05, 0) is 47.9 Å². The smallest absolute Gasteiger partial charge is 0.265 e. The molecule has 0 heterocycles. The standard InChI is InChI=1S/C21H27NO2S/c1-6-18(20(23)22-17-9-7-8-10-19(17)25-5)24-16-13-11-15(12-14-16)21(2,3)4/h7-14,18H,6H2,1-5H3,(H,22,23). The van der Waals surface area contributed by atoms with Crippen molar-refractivity contribution in [3.63, 3.8) is 0 Å². The third-order valence-electron chi connectivity index (χ3n) is 4.03. The zero-order valence-electron chi connectivity index (χ0n) is 15.6. The van der Waals surface area contributed by atoms with E-state index in [1.807, 2.05) is 49.6 Å². The van der Waals surface area contributed by atoms with E-state index in [4.69, 9.17) is 4.74 Å². The Hall–Kier alpha value is -1.94. The van der Waals surface area contributed by atoms with Gasteiger partial charge in [0, 0.05) is 4.90 Å². The van der Waals surface area contributed by atoms with Gasteiger partial charge in [-0.15, -0.1) is 11.8 Å². The van der Waals surface area contributed by atoms with Gasteiger partial charge in [0.15, 0.2) is 6.10 Å². The van der Waals surface area contributed by atoms with Gasteiger partial charge in [-0.25, -0.2) is 0 Å². The number of para-hydroxylation sites is 1. The summed E-state index contributed by atoms with van der Waals surface area (Å²) in [6.45, 7) is 8.48. The molecule has 3 nitrogen and oxygen atoms in total. The Bertz CT molecular complexity index is 705. The molecule has 0 spiro atoms. The van der Waals surface area contributed by atoms with Gasteiger partial charge in [0.2, 0.25) is 0 Å². The lowest BCUT2D eigenvalue weighted by molar-refractivity contribution is -0.122. The first kappa shape index (κ1) is 19.4. The van der Waals surface area contributed by atoms with Crippen molar-refractivity contribution in [3.05, 3.63) is 54.1 Å². The molecule has 0 aliphatic carbocycles. The van der Waals surface area contributed by atoms with Crippen LogP contribution in [0.15, 0.2) is 53.4 Å². The second-order valence-electron chi connectivity index (χ2n) is 6.98. The fraction of sp³-hybridized carbons (Fsp3) is 0.381. The molecule has 1 atom stereocenters. The molecule has 0 aliphatic rings. The monoisotopic (exact) mass is 357 g/mol. The average molecular weight is 358 g/mol. The molecule has 134 valence electrons. The third kappa shape index (κ3) is 5.27. The zero-order valence-corrected chi connectivity index (χ0v) is 16.4. The lowest BCUT2D eigenvalue weighted by Crippen LogP contribution is -2.32. The van der Waals surface area contributed by atoms with Crippen LogP contribution >= 0.6 is 11.8 Å². The van der Waals surface area contributed by atoms with Crippen LogP contribution in [-0.4, -0.2) is 18.3 Å². The van der Waals surface area contributed by atoms with Crippen LogP contribution in [0, 0.1) is 0 Å². The predicted octanol–water partition coefficient (Wildman–Crippen LogP) is 5.50. The van der Waals surface area contributed by atoms with Crippen molar-refractivity contribution in [3.8, 4) is 5.75 Å². The Morgan fingerprint density at radius 3 is 2.32 bits per heavy atom. The fourth-order valence-corrected chi connectivity index (χ4v) is 3.03. The zero-order chi connectivity index (χ0) is 18.4. The van der Waals surface area contributed by atoms with Gasteiger partial charge in [-0.3, -0.25) is 4.79 Å². The Morgan fingerprint density at radius 1 is 1.12 bits per heavy atom. The normalized spacial score (nSPS) is 12.5. The molecule has 0 aromatic heterocycles. The maximum absolute atomic E-state index is 12.6. The van der Waals surface area contributed by atoms with E-state index in [-0.39, 0.29) is 11.3 Å². The summed E-state index contributed by atoms with van der Waals surface area (Å²) < 4.78 is 5.92. The van der Waals surface area contributed by atoms with Gasteiger partial charge in [0.05, 0.1) is 5.69 Å². The molecular weight excluding hydrogens is 330 g/mol. The van der Waals surface area contributed by atoms with E-state index in [9.17, 15) is 4.79 Å². The highest BCUT2D eigenvalue weighted by atomic mass is 32.2. The largest absolute Gasteiger partial charge is 0.481 e. The summed E-state index contributed by atoms with van der Waals surface area (Å²) in [6, 6.07) is 15.8. The molecule has 0 saturated heterocycles. The van der Waals surface area contributed by atoms with E-state index >= 15 is 0 Å². The molecular formula is C21H27NO2S. The van der Waals surface area contributed by atoms with Crippen molar-refractivity contribution in [1.82, 2.24) is 0 Å². The van der Waals surface area contributed by atoms with Gasteiger partial charge in [0.1, 0.15) is 5.75 Å². The highest BCUT2D eigenvalue weighted by Gasteiger charge is 2.20. The van der Waals surface area contributed by atoms with Gasteiger partial charge in [0.25, 0.3) is 5.91 Å². The van der Waals surface area contributed by atoms with Gasteiger partial charge in [-0.1, -0.05) is 52.0 Å². The third-order valence-corrected chi connectivity index (χ3v) is 4.82. The molecule has 25 heavy (non-hydrogen) atoms. The van der Waals surface area contributed by atoms with Crippen molar-refractivity contribution in [2.75, 3.05) is 11.6 Å². The minimum Gasteiger partial charge on any atom is -0.481 e. The number of amides is 1. The van der Waals surface area contributed by atoms with Gasteiger partial charge < -0.3 is 10.1 Å². The van der Waals surface area contributed by atoms with Gasteiger partial charge >= 0.3 is 0 Å². The van der Waals surface area contributed by atoms with E-state index in [1.165, 1.54) is 5.56 Å². The van der Waals surface area contributed by atoms with Crippen LogP contribution < -0.4 is 10.1 Å². The Labute approximate surface area is 155 Å². The van der Waals surface area contributed by atoms with E-state index in [0.717, 1.165) is 10.6 Å². The maximum Gasteiger partial charge on any atom is 0.265 e. The van der Waals surface area contributed by atoms with Crippen molar-refractivity contribution in [1.29, 1.82) is 0 Å². The predicted molar refractivity (Wildman–Crippen MR) is 107 cm³/mol. The number of rotatable bonds is 6. The number of carbonyl (C=O) groups is 1. The lowest BCUT2D eigenvalue weighted by Gasteiger charge is -2.21. The van der Waals surface area contributed by atoms with Crippen LogP contribution in [0.2, 0.25) is 0 Å². The number of anilines is 1. The number of hydrogen-bond donors (Lipinski definition) is 1. The van der Waals surface area contributed by atoms with Crippen molar-refractivity contribution < 1.29 is 9.53 Å². The second kappa shape index (κ2) is 8.43. The molecule has 2 aromatic carbocycles. The number of benzene rings is 2. The topological polar surface area (TPSA) is 38.3 Å². The molecule has 2 aromatic rings. The number of nitrogens with one attached hydrogen (secondary N) is 1. The van der Waals surface area contributed by atoms with E-state index in [2.05, 4.69) is 38.2 Å². The van der Waals surface area contributed by atoms with E-state index < -0.39 is 6.10 Å². The van der Waals surface area contributed by atoms with Crippen LogP contribution in [0.5, 0.6) is 5.75 Å². The molecule has 0 saturated carbocycles. The Kier molecular flexibility index (Phi) is 6.54. The maximum atomic E-state index is 12.6. The number of thioether (sulfide) groups is 1. The highest BCUT2D eigenvalue weighted by Crippen LogP contribution is 2.26. The lowest BCUT2D eigenvalue weighted by atomic mass is 9.87. The molecule has 0 fully saturated rings. The number of carbonyl (C=O) groups excluding carboxylic acids is 1. The van der Waals surface area contributed by atoms with E-state index in [0.29, 0.717) is 12.2 Å². The van der Waals surface area contributed by atoms with Crippen molar-refractivity contribution in [2.45, 2.75) is 50.5 Å². The molecule has 0 radical (unpaired) electrons. The Balaban J connectivity index is 2.07. The summed E-state index contributed by atoms with van der Waals surface area (Å²) in [6.07, 6.45) is 2.08. The van der Waals surface area contributed by atoms with Crippen LogP contribution in [0.1, 0.15) is 39.7 Å². The van der Waals surface area contributed by atoms with Crippen molar-refractivity contribution >= 4 is 23.4 Å². The Morgan fingerprint density at radius 2 is 1.76 bits per heavy atom. The SMILES string of the molecule is CCC(Oc1ccc(C(C)(C)C)cc1)C(=O)Nc1ccccc1SC. The summed E-state index contributed by atoms with van der Waals surface area (Å²) in [5.41, 5.74) is 2.16. The van der Waals surface area contributed by atoms with Crippen LogP contribution in [0.4, 0.5) is 5.69 Å². The minimum absolute atomic E-state index is 0.0988. The van der Waals surface area contributed by atoms with Crippen LogP contribution in [0.3, 0.4) is 0 Å². The molecule has 1 unspecified atom stereocenters. The first-order chi connectivity index (χ1) is 11.8. The van der Waals surface area contributed by atoms with Crippen LogP contribution in [-0.2, 0) is 10.2 Å². The fourth-order valence-electron chi connectivity index (χ4n) is 2.48. The summed E-state index contributed by atoms with van der Waals surface area (Å²) in [4.78, 5) is 13.6. The molecule has 0 aliphatic heterocycles. The molecule has 4 heteroatoms. The van der Waals surface area contributed by atoms with E-state index in [1.54, 1.807) is 11.8 Å². The number of hydrogen-bond acceptors (Lipinski definition) is 3. The highest BCUT2D eigenvalue weighted by molar-refractivity contribution is 7.98. The first-order valence-electron chi connectivity index (χ1n) is 8.56. The van der Waals surface area contributed by atoms with Crippen molar-refractivity contribution in [2.24, 2.45) is 0 Å². The first-order valence-corrected chi connectivity index (χ1v) is 9.78. The van der Waals surface area contributed by atoms with Gasteiger partial charge in [-0.2, -0.15) is 0 Å². The summed E-state index contributed by atoms with van der Waals surface area (Å²) in [5.74, 6) is 0.594. The average Bonchev–Trinajstić information content (AvgIpc) is 2.59. The summed E-state index contributed by atoms with van der Waals surface area (Å²) >= 11 is 1.61. The molecule has 1 N–H and O–H groups in total.